The Morgan fingerprint density at radius 2 is 1.77 bits per heavy atom. The first-order valence-electron chi connectivity index (χ1n) is 10.6. The van der Waals surface area contributed by atoms with Crippen LogP contribution in [0.2, 0.25) is 0 Å². The second kappa shape index (κ2) is 8.11. The van der Waals surface area contributed by atoms with Crippen LogP contribution in [-0.2, 0) is 14.3 Å². The Kier molecular flexibility index (Phi) is 5.64. The molecule has 6 nitrogen and oxygen atoms in total. The number of carboxylic acid groups (broad SMARTS) is 1. The van der Waals surface area contributed by atoms with Gasteiger partial charge in [0.1, 0.15) is 10.6 Å². The molecule has 1 heterocycles. The Morgan fingerprint density at radius 3 is 2.42 bits per heavy atom. The summed E-state index contributed by atoms with van der Waals surface area (Å²) in [5, 5.41) is 13.0. The molecule has 7 heteroatoms. The molecule has 2 saturated carbocycles. The molecule has 2 aliphatic rings. The van der Waals surface area contributed by atoms with E-state index in [1.165, 1.54) is 18.4 Å². The second-order valence-corrected chi connectivity index (χ2v) is 9.98. The first kappa shape index (κ1) is 21.6. The molecule has 164 valence electrons. The smallest absolute Gasteiger partial charge is 0.341 e. The molecule has 31 heavy (non-hydrogen) atoms. The number of rotatable bonds is 5. The monoisotopic (exact) mass is 441 g/mol. The molecular formula is C24H27NO5S. The van der Waals surface area contributed by atoms with E-state index in [0.717, 1.165) is 46.4 Å². The summed E-state index contributed by atoms with van der Waals surface area (Å²) in [5.74, 6) is -2.79. The lowest BCUT2D eigenvalue weighted by molar-refractivity contribution is -0.148. The number of ether oxygens (including phenoxy) is 1. The summed E-state index contributed by atoms with van der Waals surface area (Å²) >= 11 is 1.33. The van der Waals surface area contributed by atoms with E-state index in [2.05, 4.69) is 5.32 Å². The van der Waals surface area contributed by atoms with Crippen LogP contribution < -0.4 is 5.32 Å². The van der Waals surface area contributed by atoms with Crippen molar-refractivity contribution in [2.75, 3.05) is 12.4 Å². The highest BCUT2D eigenvalue weighted by atomic mass is 32.1. The molecule has 1 aromatic heterocycles. The summed E-state index contributed by atoms with van der Waals surface area (Å²) in [5.41, 5.74) is 4.11. The van der Waals surface area contributed by atoms with Gasteiger partial charge in [-0.1, -0.05) is 23.8 Å². The van der Waals surface area contributed by atoms with Crippen molar-refractivity contribution in [3.63, 3.8) is 0 Å². The summed E-state index contributed by atoms with van der Waals surface area (Å²) in [6.45, 7) is 5.89. The van der Waals surface area contributed by atoms with Gasteiger partial charge in [-0.3, -0.25) is 9.59 Å². The first-order chi connectivity index (χ1) is 14.7. The zero-order valence-electron chi connectivity index (χ0n) is 18.2. The number of thiophene rings is 1. The highest BCUT2D eigenvalue weighted by Gasteiger charge is 2.54. The number of hydrogen-bond acceptors (Lipinski definition) is 5. The molecule has 0 aliphatic heterocycles. The average Bonchev–Trinajstić information content (AvgIpc) is 3.42. The summed E-state index contributed by atoms with van der Waals surface area (Å²) in [6.07, 6.45) is 2.54. The predicted molar refractivity (Wildman–Crippen MR) is 119 cm³/mol. The fraction of sp³-hybridized carbons (Fsp3) is 0.458. The van der Waals surface area contributed by atoms with E-state index in [1.54, 1.807) is 0 Å². The van der Waals surface area contributed by atoms with Crippen molar-refractivity contribution in [3.05, 3.63) is 39.8 Å². The Balaban J connectivity index is 1.74. The van der Waals surface area contributed by atoms with Gasteiger partial charge in [0.25, 0.3) is 0 Å². The molecule has 1 amide bonds. The molecular weight excluding hydrogens is 414 g/mol. The minimum absolute atomic E-state index is 0.0638. The number of carbonyl (C=O) groups excluding carboxylic acids is 2. The van der Waals surface area contributed by atoms with Crippen LogP contribution in [0, 0.1) is 44.4 Å². The second-order valence-electron chi connectivity index (χ2n) is 8.76. The third-order valence-corrected chi connectivity index (χ3v) is 7.90. The van der Waals surface area contributed by atoms with Crippen LogP contribution in [0.3, 0.4) is 0 Å². The maximum atomic E-state index is 13.2. The quantitative estimate of drug-likeness (QED) is 0.650. The highest BCUT2D eigenvalue weighted by Crippen LogP contribution is 2.53. The number of carbonyl (C=O) groups is 3. The summed E-state index contributed by atoms with van der Waals surface area (Å²) in [4.78, 5) is 38.8. The van der Waals surface area contributed by atoms with Gasteiger partial charge in [-0.05, 0) is 63.0 Å². The number of anilines is 1. The fourth-order valence-electron chi connectivity index (χ4n) is 5.48. The van der Waals surface area contributed by atoms with Crippen molar-refractivity contribution in [3.8, 4) is 11.1 Å². The highest BCUT2D eigenvalue weighted by molar-refractivity contribution is 7.17. The number of benzene rings is 1. The van der Waals surface area contributed by atoms with Gasteiger partial charge >= 0.3 is 11.9 Å². The van der Waals surface area contributed by atoms with Gasteiger partial charge in [0.2, 0.25) is 5.91 Å². The molecule has 0 unspecified atom stereocenters. The Morgan fingerprint density at radius 1 is 1.10 bits per heavy atom. The van der Waals surface area contributed by atoms with Crippen molar-refractivity contribution in [2.45, 2.75) is 40.0 Å². The van der Waals surface area contributed by atoms with Crippen LogP contribution >= 0.6 is 11.3 Å². The normalized spacial score (nSPS) is 24.3. The lowest BCUT2D eigenvalue weighted by Gasteiger charge is -2.26. The number of hydrogen-bond donors (Lipinski definition) is 2. The fourth-order valence-corrected chi connectivity index (χ4v) is 6.54. The third-order valence-electron chi connectivity index (χ3n) is 6.88. The maximum Gasteiger partial charge on any atom is 0.341 e. The number of carboxylic acids is 1. The number of nitrogens with one attached hydrogen (secondary N) is 1. The topological polar surface area (TPSA) is 92.7 Å². The minimum atomic E-state index is -0.904. The van der Waals surface area contributed by atoms with Crippen molar-refractivity contribution in [1.82, 2.24) is 0 Å². The first-order valence-corrected chi connectivity index (χ1v) is 11.4. The van der Waals surface area contributed by atoms with Crippen molar-refractivity contribution >= 4 is 34.2 Å². The molecule has 2 N–H and O–H groups in total. The summed E-state index contributed by atoms with van der Waals surface area (Å²) in [6, 6.07) is 6.05. The van der Waals surface area contributed by atoms with E-state index in [4.69, 9.17) is 4.74 Å². The Hall–Kier alpha value is -2.67. The van der Waals surface area contributed by atoms with Crippen LogP contribution in [0.15, 0.2) is 18.2 Å². The Bertz CT molecular complexity index is 1070. The van der Waals surface area contributed by atoms with E-state index < -0.39 is 23.8 Å². The molecule has 0 saturated heterocycles. The van der Waals surface area contributed by atoms with Crippen LogP contribution in [0.5, 0.6) is 0 Å². The zero-order valence-corrected chi connectivity index (χ0v) is 19.0. The van der Waals surface area contributed by atoms with Gasteiger partial charge in [-0.15, -0.1) is 11.3 Å². The molecule has 2 fully saturated rings. The van der Waals surface area contributed by atoms with Gasteiger partial charge in [0.05, 0.1) is 18.9 Å². The van der Waals surface area contributed by atoms with Crippen LogP contribution in [0.1, 0.15) is 45.6 Å². The number of esters is 1. The van der Waals surface area contributed by atoms with E-state index in [9.17, 15) is 19.5 Å². The summed E-state index contributed by atoms with van der Waals surface area (Å²) < 4.78 is 5.06. The van der Waals surface area contributed by atoms with E-state index in [-0.39, 0.29) is 17.7 Å². The largest absolute Gasteiger partial charge is 0.481 e. The van der Waals surface area contributed by atoms with Crippen molar-refractivity contribution in [2.24, 2.45) is 23.7 Å². The predicted octanol–water partition coefficient (Wildman–Crippen LogP) is 4.81. The average molecular weight is 442 g/mol. The molecule has 2 aliphatic carbocycles. The van der Waals surface area contributed by atoms with Gasteiger partial charge in [-0.2, -0.15) is 0 Å². The number of aliphatic carboxylic acids is 1. The number of amides is 1. The zero-order chi connectivity index (χ0) is 22.4. The number of aryl methyl sites for hydroxylation is 3. The number of methoxy groups -OCH3 is 1. The Labute approximate surface area is 185 Å². The van der Waals surface area contributed by atoms with E-state index >= 15 is 0 Å². The van der Waals surface area contributed by atoms with Gasteiger partial charge in [0.15, 0.2) is 0 Å². The van der Waals surface area contributed by atoms with Crippen molar-refractivity contribution < 1.29 is 24.2 Å². The lowest BCUT2D eigenvalue weighted by Crippen LogP contribution is -2.37. The maximum absolute atomic E-state index is 13.2. The van der Waals surface area contributed by atoms with Crippen LogP contribution in [-0.4, -0.2) is 30.1 Å². The molecule has 2 aromatic rings. The van der Waals surface area contributed by atoms with E-state index in [1.807, 2.05) is 39.0 Å². The van der Waals surface area contributed by atoms with Crippen molar-refractivity contribution in [1.29, 1.82) is 0 Å². The van der Waals surface area contributed by atoms with Gasteiger partial charge in [-0.25, -0.2) is 4.79 Å². The molecule has 4 rings (SSSR count). The third kappa shape index (κ3) is 3.65. The summed E-state index contributed by atoms with van der Waals surface area (Å²) in [7, 11) is 1.32. The molecule has 0 radical (unpaired) electrons. The standard InChI is InChI=1S/C24H27NO5S/c1-11-5-6-12(2)16(9-11)17-13(3)31-22(20(17)24(29)30-4)25-21(26)18-14-7-8-15(10-14)19(18)23(27)28/h5-6,9,14-15,18-19H,7-8,10H2,1-4H3,(H,25,26)(H,27,28)/t14-,15-,18+,19+/m0/s1. The minimum Gasteiger partial charge on any atom is -0.481 e. The van der Waals surface area contributed by atoms with Gasteiger partial charge < -0.3 is 15.2 Å². The van der Waals surface area contributed by atoms with Crippen LogP contribution in [0.4, 0.5) is 5.00 Å². The number of fused-ring (bicyclic) bond motifs is 2. The molecule has 1 aromatic carbocycles. The van der Waals surface area contributed by atoms with Gasteiger partial charge in [0, 0.05) is 10.4 Å². The van der Waals surface area contributed by atoms with Crippen LogP contribution in [0.25, 0.3) is 11.1 Å². The van der Waals surface area contributed by atoms with E-state index in [0.29, 0.717) is 10.6 Å². The lowest BCUT2D eigenvalue weighted by atomic mass is 9.78. The molecule has 2 bridgehead atoms. The molecule has 4 atom stereocenters. The molecule has 0 spiro atoms. The SMILES string of the molecule is COC(=O)c1c(NC(=O)[C@@H]2[C@H]3CC[C@@H](C3)[C@H]2C(=O)O)sc(C)c1-c1cc(C)ccc1C.